The fourth-order valence-electron chi connectivity index (χ4n) is 1.23. The summed E-state index contributed by atoms with van der Waals surface area (Å²) in [5, 5.41) is 9.16. The number of nitrogens with two attached hydrogens (primary N) is 1. The third-order valence-electron chi connectivity index (χ3n) is 2.17. The predicted octanol–water partition coefficient (Wildman–Crippen LogP) is 1.65. The third kappa shape index (κ3) is 1.91. The first-order valence-corrected chi connectivity index (χ1v) is 4.33. The second-order valence-corrected chi connectivity index (χ2v) is 3.36. The molecule has 4 heteroatoms. The Balaban J connectivity index is 3.25. The summed E-state index contributed by atoms with van der Waals surface area (Å²) < 4.78 is 26.7. The van der Waals surface area contributed by atoms with Crippen LogP contribution in [0, 0.1) is 18.6 Å². The normalized spacial score (nSPS) is 15.3. The number of benzene rings is 1. The van der Waals surface area contributed by atoms with Crippen LogP contribution in [0.15, 0.2) is 12.1 Å². The van der Waals surface area contributed by atoms with Gasteiger partial charge in [0.25, 0.3) is 0 Å². The number of aliphatic hydroxyl groups excluding tert-OH is 1. The third-order valence-corrected chi connectivity index (χ3v) is 2.17. The lowest BCUT2D eigenvalue weighted by atomic mass is 10.00. The molecule has 0 heterocycles. The van der Waals surface area contributed by atoms with Gasteiger partial charge in [0, 0.05) is 5.56 Å². The molecule has 2 atom stereocenters. The van der Waals surface area contributed by atoms with E-state index in [1.807, 2.05) is 0 Å². The Morgan fingerprint density at radius 1 is 1.36 bits per heavy atom. The van der Waals surface area contributed by atoms with E-state index < -0.39 is 23.8 Å². The molecule has 2 nitrogen and oxygen atoms in total. The largest absolute Gasteiger partial charge is 0.391 e. The maximum absolute atomic E-state index is 13.4. The fraction of sp³-hybridized carbons (Fsp3) is 0.400. The van der Waals surface area contributed by atoms with Gasteiger partial charge < -0.3 is 10.8 Å². The predicted molar refractivity (Wildman–Crippen MR) is 49.7 cm³/mol. The molecule has 0 radical (unpaired) electrons. The van der Waals surface area contributed by atoms with E-state index in [9.17, 15) is 8.78 Å². The molecule has 14 heavy (non-hydrogen) atoms. The molecule has 1 aromatic rings. The summed E-state index contributed by atoms with van der Waals surface area (Å²) in [6, 6.07) is 1.45. The second-order valence-electron chi connectivity index (χ2n) is 3.36. The van der Waals surface area contributed by atoms with Crippen molar-refractivity contribution in [2.75, 3.05) is 0 Å². The van der Waals surface area contributed by atoms with Crippen LogP contribution in [-0.4, -0.2) is 11.2 Å². The van der Waals surface area contributed by atoms with Crippen LogP contribution in [0.25, 0.3) is 0 Å². The molecule has 78 valence electrons. The van der Waals surface area contributed by atoms with Crippen molar-refractivity contribution in [3.8, 4) is 0 Å². The molecule has 1 rings (SSSR count). The zero-order chi connectivity index (χ0) is 10.9. The van der Waals surface area contributed by atoms with Gasteiger partial charge in [0.05, 0.1) is 12.1 Å². The van der Waals surface area contributed by atoms with Gasteiger partial charge in [0.2, 0.25) is 0 Å². The minimum Gasteiger partial charge on any atom is -0.391 e. The monoisotopic (exact) mass is 201 g/mol. The van der Waals surface area contributed by atoms with Gasteiger partial charge in [-0.05, 0) is 25.5 Å². The lowest BCUT2D eigenvalue weighted by molar-refractivity contribution is 0.160. The van der Waals surface area contributed by atoms with Crippen molar-refractivity contribution in [3.63, 3.8) is 0 Å². The highest BCUT2D eigenvalue weighted by molar-refractivity contribution is 5.29. The van der Waals surface area contributed by atoms with Gasteiger partial charge in [-0.1, -0.05) is 6.07 Å². The molecular weight excluding hydrogens is 188 g/mol. The highest BCUT2D eigenvalue weighted by Gasteiger charge is 2.21. The first kappa shape index (κ1) is 11.1. The molecule has 0 amide bonds. The maximum Gasteiger partial charge on any atom is 0.133 e. The Kier molecular flexibility index (Phi) is 3.18. The summed E-state index contributed by atoms with van der Waals surface area (Å²) >= 11 is 0. The van der Waals surface area contributed by atoms with E-state index in [0.717, 1.165) is 6.07 Å². The van der Waals surface area contributed by atoms with Gasteiger partial charge in [-0.3, -0.25) is 0 Å². The molecular formula is C10H13F2NO. The van der Waals surface area contributed by atoms with Gasteiger partial charge in [-0.25, -0.2) is 8.78 Å². The van der Waals surface area contributed by atoms with E-state index in [-0.39, 0.29) is 5.56 Å². The SMILES string of the molecule is Cc1ccc(F)c([C@@H](N)[C@@H](C)O)c1F. The highest BCUT2D eigenvalue weighted by atomic mass is 19.1. The molecule has 0 spiro atoms. The average molecular weight is 201 g/mol. The maximum atomic E-state index is 13.4. The quantitative estimate of drug-likeness (QED) is 0.764. The van der Waals surface area contributed by atoms with E-state index in [1.54, 1.807) is 0 Å². The summed E-state index contributed by atoms with van der Waals surface area (Å²) in [7, 11) is 0. The summed E-state index contributed by atoms with van der Waals surface area (Å²) in [6.07, 6.45) is -0.985. The van der Waals surface area contributed by atoms with Crippen molar-refractivity contribution in [2.24, 2.45) is 5.73 Å². The molecule has 1 aromatic carbocycles. The number of aliphatic hydroxyl groups is 1. The summed E-state index contributed by atoms with van der Waals surface area (Å²) in [6.45, 7) is 2.92. The van der Waals surface area contributed by atoms with Gasteiger partial charge in [0.15, 0.2) is 0 Å². The number of halogens is 2. The first-order valence-electron chi connectivity index (χ1n) is 4.33. The minimum atomic E-state index is -1.03. The smallest absolute Gasteiger partial charge is 0.133 e. The molecule has 0 fully saturated rings. The van der Waals surface area contributed by atoms with Gasteiger partial charge in [-0.2, -0.15) is 0 Å². The van der Waals surface area contributed by atoms with Crippen molar-refractivity contribution in [1.29, 1.82) is 0 Å². The van der Waals surface area contributed by atoms with E-state index in [2.05, 4.69) is 0 Å². The van der Waals surface area contributed by atoms with Crippen molar-refractivity contribution in [3.05, 3.63) is 34.9 Å². The van der Waals surface area contributed by atoms with Crippen molar-refractivity contribution in [2.45, 2.75) is 26.0 Å². The van der Waals surface area contributed by atoms with Gasteiger partial charge in [-0.15, -0.1) is 0 Å². The average Bonchev–Trinajstić information content (AvgIpc) is 2.12. The topological polar surface area (TPSA) is 46.2 Å². The van der Waals surface area contributed by atoms with Gasteiger partial charge in [0.1, 0.15) is 11.6 Å². The molecule has 3 N–H and O–H groups in total. The Hall–Kier alpha value is -1.00. The number of hydrogen-bond donors (Lipinski definition) is 2. The molecule has 0 aliphatic carbocycles. The van der Waals surface area contributed by atoms with Crippen LogP contribution in [0.3, 0.4) is 0 Å². The zero-order valence-electron chi connectivity index (χ0n) is 8.09. The number of rotatable bonds is 2. The van der Waals surface area contributed by atoms with E-state index in [1.165, 1.54) is 19.9 Å². The van der Waals surface area contributed by atoms with Crippen LogP contribution >= 0.6 is 0 Å². The Morgan fingerprint density at radius 3 is 2.43 bits per heavy atom. The fourth-order valence-corrected chi connectivity index (χ4v) is 1.23. The lowest BCUT2D eigenvalue weighted by Gasteiger charge is -2.17. The summed E-state index contributed by atoms with van der Waals surface area (Å²) in [5.41, 5.74) is 5.55. The molecule has 0 bridgehead atoms. The van der Waals surface area contributed by atoms with Crippen LogP contribution < -0.4 is 5.73 Å². The molecule has 0 aromatic heterocycles. The summed E-state index contributed by atoms with van der Waals surface area (Å²) in [4.78, 5) is 0. The van der Waals surface area contributed by atoms with Crippen molar-refractivity contribution < 1.29 is 13.9 Å². The minimum absolute atomic E-state index is 0.250. The summed E-state index contributed by atoms with van der Waals surface area (Å²) in [5.74, 6) is -1.40. The molecule has 0 unspecified atom stereocenters. The van der Waals surface area contributed by atoms with Crippen molar-refractivity contribution >= 4 is 0 Å². The molecule has 0 saturated heterocycles. The van der Waals surface area contributed by atoms with E-state index in [0.29, 0.717) is 5.56 Å². The van der Waals surface area contributed by atoms with Crippen LogP contribution in [0.5, 0.6) is 0 Å². The standard InChI is InChI=1S/C10H13F2NO/c1-5-3-4-7(11)8(9(5)12)10(13)6(2)14/h3-4,6,10,14H,13H2,1-2H3/t6-,10+/m1/s1. The Morgan fingerprint density at radius 2 is 1.93 bits per heavy atom. The first-order chi connectivity index (χ1) is 6.45. The molecule has 0 saturated carbocycles. The van der Waals surface area contributed by atoms with Crippen LogP contribution in [0.4, 0.5) is 8.78 Å². The zero-order valence-corrected chi connectivity index (χ0v) is 8.09. The van der Waals surface area contributed by atoms with E-state index >= 15 is 0 Å². The number of hydrogen-bond acceptors (Lipinski definition) is 2. The molecule has 0 aliphatic rings. The second kappa shape index (κ2) is 4.02. The number of aryl methyl sites for hydroxylation is 1. The van der Waals surface area contributed by atoms with Crippen LogP contribution in [-0.2, 0) is 0 Å². The van der Waals surface area contributed by atoms with Crippen molar-refractivity contribution in [1.82, 2.24) is 0 Å². The van der Waals surface area contributed by atoms with E-state index in [4.69, 9.17) is 10.8 Å². The highest BCUT2D eigenvalue weighted by Crippen LogP contribution is 2.23. The lowest BCUT2D eigenvalue weighted by Crippen LogP contribution is -2.25. The van der Waals surface area contributed by atoms with Crippen LogP contribution in [0.2, 0.25) is 0 Å². The van der Waals surface area contributed by atoms with Crippen LogP contribution in [0.1, 0.15) is 24.1 Å². The Labute approximate surface area is 81.4 Å². The molecule has 0 aliphatic heterocycles. The van der Waals surface area contributed by atoms with Gasteiger partial charge >= 0.3 is 0 Å². The Bertz CT molecular complexity index is 339.